The van der Waals surface area contributed by atoms with Gasteiger partial charge in [0, 0.05) is 18.4 Å². The Bertz CT molecular complexity index is 1500. The van der Waals surface area contributed by atoms with Crippen molar-refractivity contribution in [3.05, 3.63) is 87.4 Å². The molecule has 7 nitrogen and oxygen atoms in total. The number of hydrogen-bond donors (Lipinski definition) is 2. The zero-order chi connectivity index (χ0) is 25.3. The molecule has 1 aromatic heterocycles. The molecule has 2 N–H and O–H groups in total. The third-order valence-corrected chi connectivity index (χ3v) is 5.41. The fourth-order valence-corrected chi connectivity index (χ4v) is 3.56. The largest absolute Gasteiger partial charge is 0.457 e. The van der Waals surface area contributed by atoms with Crippen LogP contribution in [0, 0.1) is 6.92 Å². The molecule has 0 saturated carbocycles. The third kappa shape index (κ3) is 5.38. The number of anilines is 2. The monoisotopic (exact) mass is 502 g/mol. The Morgan fingerprint density at radius 1 is 1.03 bits per heavy atom. The Kier molecular flexibility index (Phi) is 6.40. The van der Waals surface area contributed by atoms with E-state index in [1.807, 2.05) is 0 Å². The molecular weight excluding hydrogens is 485 g/mol. The first-order valence-corrected chi connectivity index (χ1v) is 10.6. The van der Waals surface area contributed by atoms with E-state index < -0.39 is 22.8 Å². The summed E-state index contributed by atoms with van der Waals surface area (Å²) >= 11 is 5.60. The van der Waals surface area contributed by atoms with Gasteiger partial charge in [-0.15, -0.1) is 0 Å². The first-order chi connectivity index (χ1) is 16.5. The van der Waals surface area contributed by atoms with E-state index in [-0.39, 0.29) is 11.2 Å². The van der Waals surface area contributed by atoms with E-state index in [9.17, 15) is 22.8 Å². The van der Waals surface area contributed by atoms with Crippen LogP contribution in [0.5, 0.6) is 11.5 Å². The second-order valence-corrected chi connectivity index (χ2v) is 8.10. The number of benzene rings is 3. The molecule has 4 rings (SSSR count). The first-order valence-electron chi connectivity index (χ1n) is 10.2. The molecule has 0 unspecified atom stereocenters. The minimum Gasteiger partial charge on any atom is -0.457 e. The van der Waals surface area contributed by atoms with Crippen molar-refractivity contribution in [1.29, 1.82) is 0 Å². The van der Waals surface area contributed by atoms with Crippen LogP contribution in [0.1, 0.15) is 11.1 Å². The van der Waals surface area contributed by atoms with Gasteiger partial charge in [-0.1, -0.05) is 11.6 Å². The summed E-state index contributed by atoms with van der Waals surface area (Å²) in [6.07, 6.45) is -3.20. The van der Waals surface area contributed by atoms with Crippen LogP contribution >= 0.6 is 11.6 Å². The van der Waals surface area contributed by atoms with Gasteiger partial charge in [-0.25, -0.2) is 9.78 Å². The number of ether oxygens (including phenoxy) is 1. The molecule has 0 aliphatic rings. The number of aromatic nitrogens is 2. The highest BCUT2D eigenvalue weighted by Gasteiger charge is 2.33. The molecule has 35 heavy (non-hydrogen) atoms. The van der Waals surface area contributed by atoms with E-state index in [1.165, 1.54) is 17.0 Å². The van der Waals surface area contributed by atoms with Crippen molar-refractivity contribution >= 4 is 39.9 Å². The zero-order valence-electron chi connectivity index (χ0n) is 18.4. The molecule has 0 fully saturated rings. The Balaban J connectivity index is 1.47. The molecule has 0 atom stereocenters. The summed E-state index contributed by atoms with van der Waals surface area (Å²) in [5.74, 6) is 0.927. The van der Waals surface area contributed by atoms with Crippen LogP contribution in [0.2, 0.25) is 5.02 Å². The predicted octanol–water partition coefficient (Wildman–Crippen LogP) is 6.35. The average Bonchev–Trinajstić information content (AvgIpc) is 2.79. The Hall–Kier alpha value is -4.05. The number of alkyl halides is 3. The number of carbonyl (C=O) groups excluding carboxylic acids is 1. The van der Waals surface area contributed by atoms with Crippen LogP contribution < -0.4 is 20.9 Å². The Labute approximate surface area is 202 Å². The summed E-state index contributed by atoms with van der Waals surface area (Å²) in [6.45, 7) is 1.76. The summed E-state index contributed by atoms with van der Waals surface area (Å²) in [7, 11) is 1.61. The van der Waals surface area contributed by atoms with Crippen molar-refractivity contribution in [2.45, 2.75) is 13.1 Å². The van der Waals surface area contributed by atoms with Gasteiger partial charge in [-0.05, 0) is 67.1 Å². The molecule has 0 saturated heterocycles. The van der Waals surface area contributed by atoms with Crippen LogP contribution in [0.4, 0.5) is 29.3 Å². The van der Waals surface area contributed by atoms with Gasteiger partial charge < -0.3 is 19.9 Å². The quantitative estimate of drug-likeness (QED) is 0.340. The topological polar surface area (TPSA) is 85.2 Å². The molecule has 11 heteroatoms. The third-order valence-electron chi connectivity index (χ3n) is 5.08. The summed E-state index contributed by atoms with van der Waals surface area (Å²) in [5, 5.41) is 4.87. The molecule has 1 heterocycles. The van der Waals surface area contributed by atoms with E-state index in [0.717, 1.165) is 12.1 Å². The second kappa shape index (κ2) is 9.30. The summed E-state index contributed by atoms with van der Waals surface area (Å²) < 4.78 is 46.3. The number of carbonyl (C=O) groups is 1. The highest BCUT2D eigenvalue weighted by atomic mass is 35.5. The minimum absolute atomic E-state index is 0.0622. The molecule has 180 valence electrons. The van der Waals surface area contributed by atoms with Crippen LogP contribution in [-0.2, 0) is 13.2 Å². The highest BCUT2D eigenvalue weighted by molar-refractivity contribution is 6.31. The second-order valence-electron chi connectivity index (χ2n) is 7.69. The van der Waals surface area contributed by atoms with Gasteiger partial charge in [-0.2, -0.15) is 13.2 Å². The number of nitrogens with zero attached hydrogens (tertiary/aromatic N) is 2. The fraction of sp³-hybridized carbons (Fsp3) is 0.125. The maximum Gasteiger partial charge on any atom is 0.417 e. The lowest BCUT2D eigenvalue weighted by atomic mass is 10.2. The van der Waals surface area contributed by atoms with Gasteiger partial charge in [0.05, 0.1) is 27.8 Å². The number of halogens is 4. The van der Waals surface area contributed by atoms with Gasteiger partial charge in [0.2, 0.25) is 0 Å². The number of urea groups is 1. The van der Waals surface area contributed by atoms with Crippen molar-refractivity contribution < 1.29 is 22.7 Å². The number of fused-ring (bicyclic) bond motifs is 1. The number of aryl methyl sites for hydroxylation is 2. The Morgan fingerprint density at radius 3 is 2.40 bits per heavy atom. The molecule has 0 spiro atoms. The van der Waals surface area contributed by atoms with Gasteiger partial charge in [0.25, 0.3) is 5.56 Å². The molecule has 3 aromatic carbocycles. The van der Waals surface area contributed by atoms with Gasteiger partial charge in [0.1, 0.15) is 11.5 Å². The Morgan fingerprint density at radius 2 is 1.71 bits per heavy atom. The zero-order valence-corrected chi connectivity index (χ0v) is 19.2. The van der Waals surface area contributed by atoms with Gasteiger partial charge in [0.15, 0.2) is 0 Å². The van der Waals surface area contributed by atoms with E-state index in [2.05, 4.69) is 15.6 Å². The van der Waals surface area contributed by atoms with E-state index in [4.69, 9.17) is 16.3 Å². The van der Waals surface area contributed by atoms with E-state index >= 15 is 0 Å². The normalized spacial score (nSPS) is 11.4. The van der Waals surface area contributed by atoms with Crippen molar-refractivity contribution in [2.24, 2.45) is 7.05 Å². The summed E-state index contributed by atoms with van der Waals surface area (Å²) in [4.78, 5) is 28.8. The van der Waals surface area contributed by atoms with E-state index in [0.29, 0.717) is 33.7 Å². The lowest BCUT2D eigenvalue weighted by molar-refractivity contribution is -0.137. The number of hydrogen-bond acceptors (Lipinski definition) is 4. The molecule has 0 aliphatic heterocycles. The minimum atomic E-state index is -4.65. The maximum atomic E-state index is 13.0. The van der Waals surface area contributed by atoms with Crippen molar-refractivity contribution in [3.63, 3.8) is 0 Å². The van der Waals surface area contributed by atoms with Crippen LogP contribution in [0.15, 0.2) is 65.7 Å². The molecule has 0 aliphatic carbocycles. The van der Waals surface area contributed by atoms with Crippen LogP contribution in [0.3, 0.4) is 0 Å². The number of rotatable bonds is 4. The standard InChI is InChI=1S/C24H18ClF3N4O3/c1-13-9-14(30-23(34)31-15-3-6-19(25)18(10-15)24(26,27)28)4-8-21(13)35-16-5-7-20-17(11-16)22(33)32(2)12-29-20/h3-12H,1-2H3,(H2,30,31,34). The first kappa shape index (κ1) is 24.1. The lowest BCUT2D eigenvalue weighted by Gasteiger charge is -2.14. The smallest absolute Gasteiger partial charge is 0.417 e. The molecular formula is C24H18ClF3N4O3. The highest BCUT2D eigenvalue weighted by Crippen LogP contribution is 2.36. The van der Waals surface area contributed by atoms with Gasteiger partial charge in [-0.3, -0.25) is 4.79 Å². The number of amides is 2. The maximum absolute atomic E-state index is 13.0. The van der Waals surface area contributed by atoms with Gasteiger partial charge >= 0.3 is 12.2 Å². The fourth-order valence-electron chi connectivity index (χ4n) is 3.34. The van der Waals surface area contributed by atoms with Crippen molar-refractivity contribution in [2.75, 3.05) is 10.6 Å². The molecule has 4 aromatic rings. The van der Waals surface area contributed by atoms with Crippen LogP contribution in [0.25, 0.3) is 10.9 Å². The van der Waals surface area contributed by atoms with Crippen LogP contribution in [-0.4, -0.2) is 15.6 Å². The van der Waals surface area contributed by atoms with E-state index in [1.54, 1.807) is 50.4 Å². The summed E-state index contributed by atoms with van der Waals surface area (Å²) in [6, 6.07) is 12.2. The van der Waals surface area contributed by atoms with Crippen molar-refractivity contribution in [1.82, 2.24) is 9.55 Å². The average molecular weight is 503 g/mol. The lowest BCUT2D eigenvalue weighted by Crippen LogP contribution is -2.20. The number of nitrogens with one attached hydrogen (secondary N) is 2. The molecule has 2 amide bonds. The SMILES string of the molecule is Cc1cc(NC(=O)Nc2ccc(Cl)c(C(F)(F)F)c2)ccc1Oc1ccc2ncn(C)c(=O)c2c1. The summed E-state index contributed by atoms with van der Waals surface area (Å²) in [5.41, 5.74) is 0.308. The van der Waals surface area contributed by atoms with Crippen molar-refractivity contribution in [3.8, 4) is 11.5 Å². The molecule has 0 radical (unpaired) electrons. The predicted molar refractivity (Wildman–Crippen MR) is 127 cm³/mol. The molecule has 0 bridgehead atoms.